The molecule has 11 heteroatoms. The maximum atomic E-state index is 12.8. The molecule has 3 heterocycles. The highest BCUT2D eigenvalue weighted by atomic mass is 32.2. The van der Waals surface area contributed by atoms with Gasteiger partial charge in [0.2, 0.25) is 10.0 Å². The summed E-state index contributed by atoms with van der Waals surface area (Å²) in [6.45, 7) is 4.95. The monoisotopic (exact) mass is 447 g/mol. The average molecular weight is 448 g/mol. The van der Waals surface area contributed by atoms with Crippen LogP contribution in [-0.2, 0) is 10.0 Å². The summed E-state index contributed by atoms with van der Waals surface area (Å²) in [6, 6.07) is 5.77. The van der Waals surface area contributed by atoms with E-state index >= 15 is 0 Å². The number of carbonyl (C=O) groups is 1. The van der Waals surface area contributed by atoms with Crippen LogP contribution in [-0.4, -0.2) is 46.9 Å². The standard InChI is InChI=1S/C19H21N5O4S2/c1-12-4-3-9-24(10-12)30(26,27)15-7-5-14(6-8-15)17(25)21-19-23-22-18(28-19)16-11-29-13(2)20-16/h5-8,11-12H,3-4,9-10H2,1-2H3,(H,21,23,25). The zero-order valence-corrected chi connectivity index (χ0v) is 18.2. The van der Waals surface area contributed by atoms with E-state index in [1.165, 1.54) is 39.9 Å². The van der Waals surface area contributed by atoms with Crippen molar-refractivity contribution in [3.05, 3.63) is 40.2 Å². The van der Waals surface area contributed by atoms with Gasteiger partial charge in [0, 0.05) is 24.0 Å². The average Bonchev–Trinajstić information content (AvgIpc) is 3.37. The smallest absolute Gasteiger partial charge is 0.322 e. The van der Waals surface area contributed by atoms with Gasteiger partial charge in [-0.25, -0.2) is 13.4 Å². The van der Waals surface area contributed by atoms with Gasteiger partial charge in [0.1, 0.15) is 5.69 Å². The number of benzene rings is 1. The van der Waals surface area contributed by atoms with Gasteiger partial charge in [0.05, 0.1) is 9.90 Å². The summed E-state index contributed by atoms with van der Waals surface area (Å²) in [5.41, 5.74) is 0.831. The molecule has 0 aliphatic carbocycles. The van der Waals surface area contributed by atoms with Crippen molar-refractivity contribution in [3.8, 4) is 11.6 Å². The third-order valence-electron chi connectivity index (χ3n) is 4.86. The Bertz CT molecular complexity index is 1150. The van der Waals surface area contributed by atoms with Crippen LogP contribution in [0.1, 0.15) is 35.1 Å². The van der Waals surface area contributed by atoms with Crippen molar-refractivity contribution in [2.24, 2.45) is 5.92 Å². The Morgan fingerprint density at radius 1 is 1.27 bits per heavy atom. The molecule has 1 saturated heterocycles. The van der Waals surface area contributed by atoms with E-state index in [4.69, 9.17) is 4.42 Å². The van der Waals surface area contributed by atoms with E-state index in [1.807, 2.05) is 13.8 Å². The van der Waals surface area contributed by atoms with Gasteiger partial charge in [-0.05, 0) is 49.9 Å². The Balaban J connectivity index is 1.45. The van der Waals surface area contributed by atoms with Crippen LogP contribution in [0.2, 0.25) is 0 Å². The summed E-state index contributed by atoms with van der Waals surface area (Å²) in [6.07, 6.45) is 1.89. The van der Waals surface area contributed by atoms with Gasteiger partial charge in [-0.15, -0.1) is 16.4 Å². The van der Waals surface area contributed by atoms with E-state index in [2.05, 4.69) is 20.5 Å². The van der Waals surface area contributed by atoms with Crippen molar-refractivity contribution >= 4 is 33.3 Å². The number of thiazole rings is 1. The molecule has 1 aliphatic rings. The molecular weight excluding hydrogens is 426 g/mol. The third kappa shape index (κ3) is 4.27. The van der Waals surface area contributed by atoms with Crippen LogP contribution in [0.15, 0.2) is 39.0 Å². The van der Waals surface area contributed by atoms with Gasteiger partial charge in [-0.3, -0.25) is 10.1 Å². The summed E-state index contributed by atoms with van der Waals surface area (Å²) in [5.74, 6) is 0.0770. The number of aromatic nitrogens is 3. The summed E-state index contributed by atoms with van der Waals surface area (Å²) in [4.78, 5) is 16.9. The Morgan fingerprint density at radius 2 is 2.03 bits per heavy atom. The summed E-state index contributed by atoms with van der Waals surface area (Å²) in [7, 11) is -3.57. The van der Waals surface area contributed by atoms with E-state index in [9.17, 15) is 13.2 Å². The molecule has 1 aliphatic heterocycles. The summed E-state index contributed by atoms with van der Waals surface area (Å²) in [5, 5.41) is 12.9. The lowest BCUT2D eigenvalue weighted by Crippen LogP contribution is -2.39. The SMILES string of the molecule is Cc1nc(-c2nnc(NC(=O)c3ccc(S(=O)(=O)N4CCCC(C)C4)cc3)o2)cs1. The molecule has 1 aromatic carbocycles. The number of rotatable bonds is 5. The summed E-state index contributed by atoms with van der Waals surface area (Å²) >= 11 is 1.45. The molecule has 4 rings (SSSR count). The lowest BCUT2D eigenvalue weighted by atomic mass is 10.0. The molecule has 158 valence electrons. The fraction of sp³-hybridized carbons (Fsp3) is 0.368. The van der Waals surface area contributed by atoms with Crippen molar-refractivity contribution in [2.75, 3.05) is 18.4 Å². The first kappa shape index (κ1) is 20.6. The molecule has 1 fully saturated rings. The highest BCUT2D eigenvalue weighted by molar-refractivity contribution is 7.89. The number of sulfonamides is 1. The number of nitrogens with zero attached hydrogens (tertiary/aromatic N) is 4. The highest BCUT2D eigenvalue weighted by Crippen LogP contribution is 2.24. The molecule has 0 radical (unpaired) electrons. The fourth-order valence-electron chi connectivity index (χ4n) is 3.30. The Labute approximate surface area is 178 Å². The summed E-state index contributed by atoms with van der Waals surface area (Å²) < 4.78 is 32.6. The van der Waals surface area contributed by atoms with Crippen LogP contribution in [0.25, 0.3) is 11.6 Å². The first-order valence-corrected chi connectivity index (χ1v) is 11.8. The van der Waals surface area contributed by atoms with Crippen LogP contribution in [0, 0.1) is 12.8 Å². The van der Waals surface area contributed by atoms with Gasteiger partial charge in [-0.2, -0.15) is 4.31 Å². The number of hydrogen-bond donors (Lipinski definition) is 1. The molecule has 1 unspecified atom stereocenters. The molecule has 9 nitrogen and oxygen atoms in total. The van der Waals surface area contributed by atoms with Crippen molar-refractivity contribution in [3.63, 3.8) is 0 Å². The maximum Gasteiger partial charge on any atom is 0.322 e. The Hall–Kier alpha value is -2.63. The second-order valence-electron chi connectivity index (χ2n) is 7.25. The van der Waals surface area contributed by atoms with Crippen LogP contribution in [0.5, 0.6) is 0 Å². The third-order valence-corrected chi connectivity index (χ3v) is 7.51. The molecule has 30 heavy (non-hydrogen) atoms. The molecule has 3 aromatic rings. The zero-order valence-electron chi connectivity index (χ0n) is 16.5. The number of amides is 1. The Morgan fingerprint density at radius 3 is 2.70 bits per heavy atom. The van der Waals surface area contributed by atoms with Crippen molar-refractivity contribution in [1.29, 1.82) is 0 Å². The van der Waals surface area contributed by atoms with Crippen LogP contribution in [0.3, 0.4) is 0 Å². The van der Waals surface area contributed by atoms with Crippen molar-refractivity contribution in [1.82, 2.24) is 19.5 Å². The second kappa shape index (κ2) is 8.25. The Kier molecular flexibility index (Phi) is 5.67. The minimum atomic E-state index is -3.57. The number of nitrogens with one attached hydrogen (secondary N) is 1. The van der Waals surface area contributed by atoms with Gasteiger partial charge in [0.15, 0.2) is 0 Å². The molecule has 2 aromatic heterocycles. The zero-order chi connectivity index (χ0) is 21.3. The number of anilines is 1. The van der Waals surface area contributed by atoms with Crippen molar-refractivity contribution in [2.45, 2.75) is 31.6 Å². The molecule has 0 spiro atoms. The molecule has 0 saturated carbocycles. The van der Waals surface area contributed by atoms with Gasteiger partial charge >= 0.3 is 6.01 Å². The van der Waals surface area contributed by atoms with E-state index in [0.717, 1.165) is 17.8 Å². The minimum absolute atomic E-state index is 0.0559. The fourth-order valence-corrected chi connectivity index (χ4v) is 5.49. The molecular formula is C19H21N5O4S2. The molecule has 1 amide bonds. The van der Waals surface area contributed by atoms with E-state index in [0.29, 0.717) is 24.7 Å². The maximum absolute atomic E-state index is 12.8. The minimum Gasteiger partial charge on any atom is -0.401 e. The van der Waals surface area contributed by atoms with E-state index in [-0.39, 0.29) is 22.4 Å². The number of piperidine rings is 1. The van der Waals surface area contributed by atoms with Gasteiger partial charge < -0.3 is 4.42 Å². The first-order valence-electron chi connectivity index (χ1n) is 9.50. The van der Waals surface area contributed by atoms with Crippen molar-refractivity contribution < 1.29 is 17.6 Å². The number of hydrogen-bond acceptors (Lipinski definition) is 8. The first-order chi connectivity index (χ1) is 14.3. The number of carbonyl (C=O) groups excluding carboxylic acids is 1. The van der Waals surface area contributed by atoms with Crippen LogP contribution >= 0.6 is 11.3 Å². The predicted octanol–water partition coefficient (Wildman–Crippen LogP) is 3.17. The van der Waals surface area contributed by atoms with E-state index in [1.54, 1.807) is 5.38 Å². The molecule has 1 N–H and O–H groups in total. The van der Waals surface area contributed by atoms with Crippen LogP contribution in [0.4, 0.5) is 6.01 Å². The topological polar surface area (TPSA) is 118 Å². The lowest BCUT2D eigenvalue weighted by Gasteiger charge is -2.30. The molecule has 0 bridgehead atoms. The molecule has 1 atom stereocenters. The number of aryl methyl sites for hydroxylation is 1. The highest BCUT2D eigenvalue weighted by Gasteiger charge is 2.28. The van der Waals surface area contributed by atoms with Gasteiger partial charge in [-0.1, -0.05) is 12.0 Å². The quantitative estimate of drug-likeness (QED) is 0.638. The van der Waals surface area contributed by atoms with E-state index < -0.39 is 15.9 Å². The predicted molar refractivity (Wildman–Crippen MR) is 112 cm³/mol. The lowest BCUT2D eigenvalue weighted by molar-refractivity contribution is 0.102. The van der Waals surface area contributed by atoms with Gasteiger partial charge in [0.25, 0.3) is 11.8 Å². The normalized spacial score (nSPS) is 17.7. The second-order valence-corrected chi connectivity index (χ2v) is 10.3. The largest absolute Gasteiger partial charge is 0.401 e. The van der Waals surface area contributed by atoms with Crippen LogP contribution < -0.4 is 5.32 Å².